The van der Waals surface area contributed by atoms with Crippen LogP contribution in [0.1, 0.15) is 60.8 Å². The maximum Gasteiger partial charge on any atom is 0.146 e. The molecule has 1 nitrogen and oxygen atoms in total. The fraction of sp³-hybridized carbons (Fsp3) is 1.00. The molecule has 2 heteroatoms. The summed E-state index contributed by atoms with van der Waals surface area (Å²) in [6, 6.07) is 0. The molecule has 0 spiro atoms. The molecule has 0 radical (unpaired) electrons. The van der Waals surface area contributed by atoms with Gasteiger partial charge in [0, 0.05) is 5.41 Å². The van der Waals surface area contributed by atoms with E-state index in [0.29, 0.717) is 29.3 Å². The number of rotatable bonds is 6. The first-order valence-corrected chi connectivity index (χ1v) is 8.23. The van der Waals surface area contributed by atoms with Crippen LogP contribution in [0.4, 0.5) is 0 Å². The van der Waals surface area contributed by atoms with Crippen LogP contribution in [0.5, 0.6) is 0 Å². The van der Waals surface area contributed by atoms with Crippen molar-refractivity contribution in [2.75, 3.05) is 0 Å². The normalized spacial score (nSPS) is 20.3. The first-order chi connectivity index (χ1) is 7.88. The van der Waals surface area contributed by atoms with Crippen LogP contribution in [0.2, 0.25) is 0 Å². The summed E-state index contributed by atoms with van der Waals surface area (Å²) in [4.78, 5) is 0. The van der Waals surface area contributed by atoms with Gasteiger partial charge in [-0.3, -0.25) is 0 Å². The molecule has 0 aliphatic heterocycles. The molecule has 0 heterocycles. The van der Waals surface area contributed by atoms with Gasteiger partial charge >= 0.3 is 0 Å². The summed E-state index contributed by atoms with van der Waals surface area (Å²) in [5, 5.41) is 0. The summed E-state index contributed by atoms with van der Waals surface area (Å²) < 4.78 is 6.10. The lowest BCUT2D eigenvalue weighted by Crippen LogP contribution is -2.54. The Balaban J connectivity index is 3.12. The van der Waals surface area contributed by atoms with E-state index in [1.807, 2.05) is 0 Å². The molecular formula is C15H32OSi. The summed E-state index contributed by atoms with van der Waals surface area (Å²) in [5.74, 6) is 2.96. The lowest BCUT2D eigenvalue weighted by atomic mass is 9.51. The van der Waals surface area contributed by atoms with E-state index in [2.05, 4.69) is 41.5 Å². The van der Waals surface area contributed by atoms with Gasteiger partial charge < -0.3 is 4.43 Å². The molecule has 0 aromatic carbocycles. The van der Waals surface area contributed by atoms with Gasteiger partial charge in [-0.05, 0) is 36.5 Å². The van der Waals surface area contributed by atoms with E-state index in [0.717, 1.165) is 16.4 Å². The largest absolute Gasteiger partial charge is 0.424 e. The smallest absolute Gasteiger partial charge is 0.146 e. The highest BCUT2D eigenvalue weighted by atomic mass is 28.2. The first kappa shape index (κ1) is 15.2. The SMILES string of the molecule is CC(C)C(O[SiH3])C(C(C)C)(C(C)C)C1CCC1. The van der Waals surface area contributed by atoms with E-state index in [4.69, 9.17) is 4.43 Å². The Morgan fingerprint density at radius 1 is 1.00 bits per heavy atom. The molecule has 0 aromatic rings. The summed E-state index contributed by atoms with van der Waals surface area (Å²) in [6.07, 6.45) is 4.73. The van der Waals surface area contributed by atoms with E-state index >= 15 is 0 Å². The van der Waals surface area contributed by atoms with Crippen molar-refractivity contribution in [2.24, 2.45) is 29.1 Å². The summed E-state index contributed by atoms with van der Waals surface area (Å²) in [6.45, 7) is 14.3. The van der Waals surface area contributed by atoms with Crippen molar-refractivity contribution < 1.29 is 4.43 Å². The Kier molecular flexibility index (Phi) is 5.27. The third-order valence-corrected chi connectivity index (χ3v) is 5.67. The standard InChI is InChI=1S/C15H32OSi/c1-10(2)14(16-17)15(11(3)4,12(5)6)13-8-7-9-13/h10-14H,7-9H2,1-6,17H3. The Bertz CT molecular complexity index is 223. The van der Waals surface area contributed by atoms with Crippen LogP contribution in [0.15, 0.2) is 0 Å². The highest BCUT2D eigenvalue weighted by Crippen LogP contribution is 2.55. The van der Waals surface area contributed by atoms with Gasteiger partial charge in [-0.1, -0.05) is 48.0 Å². The molecule has 0 amide bonds. The van der Waals surface area contributed by atoms with Crippen LogP contribution in [-0.2, 0) is 4.43 Å². The van der Waals surface area contributed by atoms with Gasteiger partial charge in [-0.2, -0.15) is 0 Å². The molecule has 102 valence electrons. The van der Waals surface area contributed by atoms with Crippen LogP contribution in [0.25, 0.3) is 0 Å². The van der Waals surface area contributed by atoms with Gasteiger partial charge in [0.25, 0.3) is 0 Å². The van der Waals surface area contributed by atoms with E-state index in [1.54, 1.807) is 0 Å². The van der Waals surface area contributed by atoms with Gasteiger partial charge in [0.2, 0.25) is 0 Å². The van der Waals surface area contributed by atoms with Crippen LogP contribution in [0, 0.1) is 29.1 Å². The molecule has 1 rings (SSSR count). The van der Waals surface area contributed by atoms with Crippen molar-refractivity contribution in [2.45, 2.75) is 66.9 Å². The zero-order valence-corrected chi connectivity index (χ0v) is 14.9. The lowest BCUT2D eigenvalue weighted by molar-refractivity contribution is -0.117. The number of hydrogen-bond acceptors (Lipinski definition) is 1. The molecule has 1 unspecified atom stereocenters. The zero-order valence-electron chi connectivity index (χ0n) is 12.9. The highest BCUT2D eigenvalue weighted by Gasteiger charge is 2.52. The van der Waals surface area contributed by atoms with E-state index < -0.39 is 0 Å². The molecule has 1 atom stereocenters. The van der Waals surface area contributed by atoms with Gasteiger partial charge in [-0.25, -0.2) is 0 Å². The van der Waals surface area contributed by atoms with E-state index in [1.165, 1.54) is 19.3 Å². The minimum atomic E-state index is 0.397. The Morgan fingerprint density at radius 2 is 1.47 bits per heavy atom. The molecule has 0 bridgehead atoms. The molecule has 0 saturated heterocycles. The average Bonchev–Trinajstić information content (AvgIpc) is 2.12. The van der Waals surface area contributed by atoms with Crippen LogP contribution < -0.4 is 0 Å². The third kappa shape index (κ3) is 2.48. The minimum absolute atomic E-state index is 0.397. The molecular weight excluding hydrogens is 224 g/mol. The molecule has 0 aromatic heterocycles. The molecule has 0 N–H and O–H groups in total. The Hall–Kier alpha value is 0.177. The predicted octanol–water partition coefficient (Wildman–Crippen LogP) is 3.41. The summed E-state index contributed by atoms with van der Waals surface area (Å²) in [7, 11) is 0.865. The molecule has 1 aliphatic carbocycles. The summed E-state index contributed by atoms with van der Waals surface area (Å²) >= 11 is 0. The van der Waals surface area contributed by atoms with Crippen molar-refractivity contribution in [3.05, 3.63) is 0 Å². The third-order valence-electron chi connectivity index (χ3n) is 5.16. The van der Waals surface area contributed by atoms with Crippen LogP contribution >= 0.6 is 0 Å². The predicted molar refractivity (Wildman–Crippen MR) is 79.1 cm³/mol. The minimum Gasteiger partial charge on any atom is -0.424 e. The van der Waals surface area contributed by atoms with Gasteiger partial charge in [0.15, 0.2) is 0 Å². The Labute approximate surface area is 111 Å². The topological polar surface area (TPSA) is 9.23 Å². The average molecular weight is 257 g/mol. The lowest BCUT2D eigenvalue weighted by Gasteiger charge is -2.56. The quantitative estimate of drug-likeness (QED) is 0.662. The van der Waals surface area contributed by atoms with Crippen molar-refractivity contribution in [3.63, 3.8) is 0 Å². The first-order valence-electron chi connectivity index (χ1n) is 7.41. The van der Waals surface area contributed by atoms with E-state index in [9.17, 15) is 0 Å². The molecule has 1 saturated carbocycles. The van der Waals surface area contributed by atoms with Gasteiger partial charge in [-0.15, -0.1) is 0 Å². The summed E-state index contributed by atoms with van der Waals surface area (Å²) in [5.41, 5.74) is 0.397. The Morgan fingerprint density at radius 3 is 1.65 bits per heavy atom. The molecule has 1 fully saturated rings. The van der Waals surface area contributed by atoms with Crippen molar-refractivity contribution in [1.82, 2.24) is 0 Å². The zero-order chi connectivity index (χ0) is 13.2. The molecule has 17 heavy (non-hydrogen) atoms. The maximum absolute atomic E-state index is 6.10. The highest BCUT2D eigenvalue weighted by molar-refractivity contribution is 5.98. The van der Waals surface area contributed by atoms with Crippen molar-refractivity contribution in [1.29, 1.82) is 0 Å². The number of hydrogen-bond donors (Lipinski definition) is 0. The van der Waals surface area contributed by atoms with Crippen molar-refractivity contribution in [3.8, 4) is 0 Å². The second-order valence-electron chi connectivity index (χ2n) is 6.84. The fourth-order valence-corrected chi connectivity index (χ4v) is 5.41. The second kappa shape index (κ2) is 5.88. The van der Waals surface area contributed by atoms with E-state index in [-0.39, 0.29) is 0 Å². The van der Waals surface area contributed by atoms with Crippen LogP contribution in [0.3, 0.4) is 0 Å². The second-order valence-corrected chi connectivity index (χ2v) is 7.31. The van der Waals surface area contributed by atoms with Crippen LogP contribution in [-0.4, -0.2) is 16.6 Å². The van der Waals surface area contributed by atoms with Gasteiger partial charge in [0.05, 0.1) is 6.10 Å². The fourth-order valence-electron chi connectivity index (χ4n) is 4.46. The van der Waals surface area contributed by atoms with Crippen molar-refractivity contribution >= 4 is 10.5 Å². The van der Waals surface area contributed by atoms with Gasteiger partial charge in [0.1, 0.15) is 10.5 Å². The molecule has 1 aliphatic rings. The maximum atomic E-state index is 6.10. The monoisotopic (exact) mass is 256 g/mol.